The van der Waals surface area contributed by atoms with Crippen molar-refractivity contribution in [3.05, 3.63) is 77.4 Å². The van der Waals surface area contributed by atoms with Crippen LogP contribution >= 0.6 is 0 Å². The number of aromatic carboxylic acids is 1. The van der Waals surface area contributed by atoms with Crippen LogP contribution in [0.1, 0.15) is 21.5 Å². The number of hydrogen-bond donors (Lipinski definition) is 1. The van der Waals surface area contributed by atoms with Gasteiger partial charge in [0, 0.05) is 0 Å². The fourth-order valence-corrected chi connectivity index (χ4v) is 2.67. The number of rotatable bonds is 4. The van der Waals surface area contributed by atoms with Crippen molar-refractivity contribution in [3.63, 3.8) is 0 Å². The van der Waals surface area contributed by atoms with E-state index in [0.717, 1.165) is 27.6 Å². The largest absolute Gasteiger partial charge is 0.497 e. The summed E-state index contributed by atoms with van der Waals surface area (Å²) < 4.78 is 5.16. The van der Waals surface area contributed by atoms with Crippen LogP contribution in [0.15, 0.2) is 60.7 Å². The third kappa shape index (κ3) is 2.66. The minimum absolute atomic E-state index is 0.356. The van der Waals surface area contributed by atoms with Crippen LogP contribution in [0.3, 0.4) is 0 Å². The van der Waals surface area contributed by atoms with Crippen LogP contribution in [0.5, 0.6) is 5.75 Å². The standard InChI is InChI=1S/C19H16O3/c1-22-15-9-6-13(7-10-15)12-18-16-5-3-2-4-14(16)8-11-17(18)19(20)21/h2-11H,12H2,1H3,(H,20,21). The predicted molar refractivity (Wildman–Crippen MR) is 86.7 cm³/mol. The van der Waals surface area contributed by atoms with Gasteiger partial charge in [0.2, 0.25) is 0 Å². The molecule has 0 aromatic heterocycles. The van der Waals surface area contributed by atoms with E-state index in [1.54, 1.807) is 13.2 Å². The van der Waals surface area contributed by atoms with Gasteiger partial charge in [0.05, 0.1) is 12.7 Å². The Morgan fingerprint density at radius 1 is 1.00 bits per heavy atom. The van der Waals surface area contributed by atoms with Crippen LogP contribution in [0.25, 0.3) is 10.8 Å². The molecule has 3 rings (SSSR count). The summed E-state index contributed by atoms with van der Waals surface area (Å²) in [5.41, 5.74) is 2.25. The molecule has 0 atom stereocenters. The van der Waals surface area contributed by atoms with Crippen LogP contribution in [0, 0.1) is 0 Å². The molecule has 0 amide bonds. The number of benzene rings is 3. The molecule has 110 valence electrons. The van der Waals surface area contributed by atoms with Gasteiger partial charge in [-0.25, -0.2) is 4.79 Å². The molecule has 0 heterocycles. The van der Waals surface area contributed by atoms with Gasteiger partial charge >= 0.3 is 5.97 Å². The summed E-state index contributed by atoms with van der Waals surface area (Å²) in [6.45, 7) is 0. The van der Waals surface area contributed by atoms with Crippen molar-refractivity contribution in [2.45, 2.75) is 6.42 Å². The van der Waals surface area contributed by atoms with Gasteiger partial charge in [-0.2, -0.15) is 0 Å². The highest BCUT2D eigenvalue weighted by molar-refractivity contribution is 5.98. The molecular formula is C19H16O3. The lowest BCUT2D eigenvalue weighted by Crippen LogP contribution is -2.04. The zero-order valence-corrected chi connectivity index (χ0v) is 12.2. The van der Waals surface area contributed by atoms with Crippen molar-refractivity contribution in [1.82, 2.24) is 0 Å². The summed E-state index contributed by atoms with van der Waals surface area (Å²) in [7, 11) is 1.63. The highest BCUT2D eigenvalue weighted by atomic mass is 16.5. The second-order valence-corrected chi connectivity index (χ2v) is 5.14. The molecule has 3 heteroatoms. The van der Waals surface area contributed by atoms with Gasteiger partial charge in [0.25, 0.3) is 0 Å². The third-order valence-electron chi connectivity index (χ3n) is 3.81. The van der Waals surface area contributed by atoms with E-state index in [2.05, 4.69) is 0 Å². The highest BCUT2D eigenvalue weighted by Gasteiger charge is 2.13. The van der Waals surface area contributed by atoms with Crippen LogP contribution in [-0.4, -0.2) is 18.2 Å². The van der Waals surface area contributed by atoms with Gasteiger partial charge in [0.1, 0.15) is 5.75 Å². The predicted octanol–water partition coefficient (Wildman–Crippen LogP) is 4.14. The minimum atomic E-state index is -0.894. The number of methoxy groups -OCH3 is 1. The fourth-order valence-electron chi connectivity index (χ4n) is 2.67. The summed E-state index contributed by atoms with van der Waals surface area (Å²) in [5, 5.41) is 11.5. The maximum absolute atomic E-state index is 11.5. The molecule has 0 spiro atoms. The molecule has 0 unspecified atom stereocenters. The van der Waals surface area contributed by atoms with Crippen LogP contribution in [0.2, 0.25) is 0 Å². The normalized spacial score (nSPS) is 10.6. The Hall–Kier alpha value is -2.81. The Balaban J connectivity index is 2.10. The number of fused-ring (bicyclic) bond motifs is 1. The van der Waals surface area contributed by atoms with Crippen molar-refractivity contribution >= 4 is 16.7 Å². The Morgan fingerprint density at radius 3 is 2.41 bits per heavy atom. The molecule has 0 radical (unpaired) electrons. The first-order valence-electron chi connectivity index (χ1n) is 7.06. The fraction of sp³-hybridized carbons (Fsp3) is 0.105. The van der Waals surface area contributed by atoms with E-state index >= 15 is 0 Å². The number of carbonyl (C=O) groups is 1. The molecule has 0 aliphatic carbocycles. The van der Waals surface area contributed by atoms with Crippen LogP contribution in [0.4, 0.5) is 0 Å². The van der Waals surface area contributed by atoms with Crippen molar-refractivity contribution in [2.24, 2.45) is 0 Å². The second-order valence-electron chi connectivity index (χ2n) is 5.14. The molecule has 3 aromatic rings. The lowest BCUT2D eigenvalue weighted by Gasteiger charge is -2.11. The van der Waals surface area contributed by atoms with Gasteiger partial charge in [-0.3, -0.25) is 0 Å². The molecule has 1 N–H and O–H groups in total. The summed E-state index contributed by atoms with van der Waals surface area (Å²) in [5.74, 6) is -0.102. The first-order chi connectivity index (χ1) is 10.7. The minimum Gasteiger partial charge on any atom is -0.497 e. The topological polar surface area (TPSA) is 46.5 Å². The Kier molecular flexibility index (Phi) is 3.79. The summed E-state index contributed by atoms with van der Waals surface area (Å²) >= 11 is 0. The summed E-state index contributed by atoms with van der Waals surface area (Å²) in [4.78, 5) is 11.5. The summed E-state index contributed by atoms with van der Waals surface area (Å²) in [6, 6.07) is 19.1. The Labute approximate surface area is 128 Å². The maximum atomic E-state index is 11.5. The zero-order chi connectivity index (χ0) is 15.5. The number of hydrogen-bond acceptors (Lipinski definition) is 2. The monoisotopic (exact) mass is 292 g/mol. The highest BCUT2D eigenvalue weighted by Crippen LogP contribution is 2.26. The van der Waals surface area contributed by atoms with Crippen molar-refractivity contribution in [3.8, 4) is 5.75 Å². The molecule has 0 fully saturated rings. The van der Waals surface area contributed by atoms with E-state index in [-0.39, 0.29) is 0 Å². The molecule has 0 saturated carbocycles. The molecule has 3 aromatic carbocycles. The van der Waals surface area contributed by atoms with Gasteiger partial charge in [0.15, 0.2) is 0 Å². The zero-order valence-electron chi connectivity index (χ0n) is 12.2. The maximum Gasteiger partial charge on any atom is 0.335 e. The van der Waals surface area contributed by atoms with E-state index in [1.807, 2.05) is 54.6 Å². The number of carboxylic acid groups (broad SMARTS) is 1. The average Bonchev–Trinajstić information content (AvgIpc) is 2.55. The van der Waals surface area contributed by atoms with Crippen molar-refractivity contribution in [1.29, 1.82) is 0 Å². The lowest BCUT2D eigenvalue weighted by molar-refractivity contribution is 0.0696. The summed E-state index contributed by atoms with van der Waals surface area (Å²) in [6.07, 6.45) is 0.576. The van der Waals surface area contributed by atoms with Crippen molar-refractivity contribution < 1.29 is 14.6 Å². The van der Waals surface area contributed by atoms with E-state index < -0.39 is 5.97 Å². The Morgan fingerprint density at radius 2 is 1.73 bits per heavy atom. The smallest absolute Gasteiger partial charge is 0.335 e. The van der Waals surface area contributed by atoms with E-state index in [0.29, 0.717) is 12.0 Å². The van der Waals surface area contributed by atoms with Gasteiger partial charge in [-0.05, 0) is 46.5 Å². The first kappa shape index (κ1) is 14.1. The number of ether oxygens (including phenoxy) is 1. The van der Waals surface area contributed by atoms with Gasteiger partial charge in [-0.1, -0.05) is 42.5 Å². The van der Waals surface area contributed by atoms with Crippen molar-refractivity contribution in [2.75, 3.05) is 7.11 Å². The molecule has 0 aliphatic heterocycles. The molecule has 0 saturated heterocycles. The first-order valence-corrected chi connectivity index (χ1v) is 7.06. The van der Waals surface area contributed by atoms with Crippen LogP contribution < -0.4 is 4.74 Å². The quantitative estimate of drug-likeness (QED) is 0.786. The number of carboxylic acids is 1. The van der Waals surface area contributed by atoms with Crippen LogP contribution in [-0.2, 0) is 6.42 Å². The van der Waals surface area contributed by atoms with E-state index in [1.165, 1.54) is 0 Å². The molecule has 0 aliphatic rings. The molecule has 0 bridgehead atoms. The lowest BCUT2D eigenvalue weighted by atomic mass is 9.93. The molecule has 22 heavy (non-hydrogen) atoms. The average molecular weight is 292 g/mol. The third-order valence-corrected chi connectivity index (χ3v) is 3.81. The van der Waals surface area contributed by atoms with Gasteiger partial charge in [-0.15, -0.1) is 0 Å². The SMILES string of the molecule is COc1ccc(Cc2c(C(=O)O)ccc3ccccc23)cc1. The van der Waals surface area contributed by atoms with E-state index in [4.69, 9.17) is 4.74 Å². The Bertz CT molecular complexity index is 820. The second kappa shape index (κ2) is 5.90. The molecule has 3 nitrogen and oxygen atoms in total. The van der Waals surface area contributed by atoms with Gasteiger partial charge < -0.3 is 9.84 Å². The molecular weight excluding hydrogens is 276 g/mol. The van der Waals surface area contributed by atoms with E-state index in [9.17, 15) is 9.90 Å².